The summed E-state index contributed by atoms with van der Waals surface area (Å²) in [6.45, 7) is 5.65. The molecule has 1 aromatic rings. The van der Waals surface area contributed by atoms with Gasteiger partial charge in [0.2, 0.25) is 0 Å². The van der Waals surface area contributed by atoms with E-state index in [9.17, 15) is 9.59 Å². The molecular weight excluding hydrogens is 328 g/mol. The maximum absolute atomic E-state index is 11.7. The molecule has 1 aromatic carbocycles. The minimum atomic E-state index is -0.695. The number of carboxylic acids is 1. The van der Waals surface area contributed by atoms with E-state index in [0.717, 1.165) is 37.7 Å². The Kier molecular flexibility index (Phi) is 10.0. The number of carbonyl (C=O) groups is 2. The van der Waals surface area contributed by atoms with Gasteiger partial charge in [-0.2, -0.15) is 0 Å². The number of aryl methyl sites for hydroxylation is 2. The van der Waals surface area contributed by atoms with Gasteiger partial charge in [0.1, 0.15) is 5.60 Å². The Morgan fingerprint density at radius 3 is 1.85 bits per heavy atom. The number of carbonyl (C=O) groups excluding carboxylic acids is 1. The molecule has 0 radical (unpaired) electrons. The number of hydrogen-bond acceptors (Lipinski definition) is 3. The van der Waals surface area contributed by atoms with Crippen molar-refractivity contribution in [2.24, 2.45) is 0 Å². The van der Waals surface area contributed by atoms with Crippen LogP contribution in [-0.2, 0) is 27.2 Å². The molecule has 0 bridgehead atoms. The summed E-state index contributed by atoms with van der Waals surface area (Å²) in [4.78, 5) is 22.2. The molecule has 4 heteroatoms. The first kappa shape index (κ1) is 22.2. The largest absolute Gasteiger partial charge is 0.481 e. The number of rotatable bonds is 12. The molecule has 1 rings (SSSR count). The average Bonchev–Trinajstić information content (AvgIpc) is 2.54. The van der Waals surface area contributed by atoms with Gasteiger partial charge in [0.05, 0.1) is 0 Å². The molecule has 0 aliphatic carbocycles. The number of carboxylic acid groups (broad SMARTS) is 1. The lowest BCUT2D eigenvalue weighted by atomic mass is 10.0. The maximum Gasteiger partial charge on any atom is 0.306 e. The highest BCUT2D eigenvalue weighted by Crippen LogP contribution is 2.14. The van der Waals surface area contributed by atoms with E-state index in [4.69, 9.17) is 9.84 Å². The molecule has 146 valence electrons. The fourth-order valence-electron chi connectivity index (χ4n) is 2.82. The van der Waals surface area contributed by atoms with Gasteiger partial charge in [-0.25, -0.2) is 0 Å². The highest BCUT2D eigenvalue weighted by Gasteiger charge is 2.15. The highest BCUT2D eigenvalue weighted by atomic mass is 16.6. The normalized spacial score (nSPS) is 11.3. The van der Waals surface area contributed by atoms with Crippen molar-refractivity contribution in [2.45, 2.75) is 90.6 Å². The third-order valence-corrected chi connectivity index (χ3v) is 4.17. The van der Waals surface area contributed by atoms with Crippen LogP contribution in [0.4, 0.5) is 0 Å². The fraction of sp³-hybridized carbons (Fsp3) is 0.636. The van der Waals surface area contributed by atoms with Gasteiger partial charge in [0, 0.05) is 12.8 Å². The molecule has 0 aliphatic heterocycles. The van der Waals surface area contributed by atoms with Crippen LogP contribution in [0.2, 0.25) is 0 Å². The zero-order chi connectivity index (χ0) is 19.4. The number of benzene rings is 1. The summed E-state index contributed by atoms with van der Waals surface area (Å²) in [6.07, 6.45) is 8.94. The minimum Gasteiger partial charge on any atom is -0.481 e. The maximum atomic E-state index is 11.7. The van der Waals surface area contributed by atoms with E-state index < -0.39 is 11.6 Å². The van der Waals surface area contributed by atoms with Gasteiger partial charge in [-0.05, 0) is 57.6 Å². The van der Waals surface area contributed by atoms with Crippen LogP contribution in [0.5, 0.6) is 0 Å². The second kappa shape index (κ2) is 11.7. The van der Waals surface area contributed by atoms with E-state index >= 15 is 0 Å². The lowest BCUT2D eigenvalue weighted by Gasteiger charge is -2.19. The monoisotopic (exact) mass is 362 g/mol. The Labute approximate surface area is 158 Å². The SMILES string of the molecule is CC(C)(C)OC(=O)CCc1ccc(CCCCCCCCC(=O)O)cc1. The first-order chi connectivity index (χ1) is 12.3. The van der Waals surface area contributed by atoms with Crippen molar-refractivity contribution < 1.29 is 19.4 Å². The van der Waals surface area contributed by atoms with Crippen molar-refractivity contribution in [2.75, 3.05) is 0 Å². The van der Waals surface area contributed by atoms with Crippen LogP contribution in [0, 0.1) is 0 Å². The van der Waals surface area contributed by atoms with Crippen LogP contribution in [-0.4, -0.2) is 22.6 Å². The second-order valence-electron chi connectivity index (χ2n) is 7.92. The molecule has 1 N–H and O–H groups in total. The number of unbranched alkanes of at least 4 members (excludes halogenated alkanes) is 5. The van der Waals surface area contributed by atoms with E-state index in [0.29, 0.717) is 19.3 Å². The Morgan fingerprint density at radius 2 is 1.31 bits per heavy atom. The molecule has 0 unspecified atom stereocenters. The van der Waals surface area contributed by atoms with Crippen LogP contribution in [0.15, 0.2) is 24.3 Å². The van der Waals surface area contributed by atoms with Crippen molar-refractivity contribution in [3.8, 4) is 0 Å². The molecule has 26 heavy (non-hydrogen) atoms. The molecule has 0 aliphatic rings. The summed E-state index contributed by atoms with van der Waals surface area (Å²) < 4.78 is 5.33. The van der Waals surface area contributed by atoms with E-state index in [2.05, 4.69) is 24.3 Å². The summed E-state index contributed by atoms with van der Waals surface area (Å²) in [5.41, 5.74) is 2.08. The summed E-state index contributed by atoms with van der Waals surface area (Å²) in [5.74, 6) is -0.843. The van der Waals surface area contributed by atoms with E-state index in [1.54, 1.807) is 0 Å². The van der Waals surface area contributed by atoms with Crippen molar-refractivity contribution in [1.82, 2.24) is 0 Å². The average molecular weight is 363 g/mol. The number of esters is 1. The molecule has 0 saturated carbocycles. The van der Waals surface area contributed by atoms with Crippen molar-refractivity contribution in [3.05, 3.63) is 35.4 Å². The Bertz CT molecular complexity index is 540. The summed E-state index contributed by atoms with van der Waals surface area (Å²) in [5, 5.41) is 8.58. The number of aliphatic carboxylic acids is 1. The predicted molar refractivity (Wildman–Crippen MR) is 104 cm³/mol. The first-order valence-corrected chi connectivity index (χ1v) is 9.78. The quantitative estimate of drug-likeness (QED) is 0.404. The van der Waals surface area contributed by atoms with Gasteiger partial charge in [0.15, 0.2) is 0 Å². The lowest BCUT2D eigenvalue weighted by molar-refractivity contribution is -0.154. The summed E-state index contributed by atoms with van der Waals surface area (Å²) >= 11 is 0. The summed E-state index contributed by atoms with van der Waals surface area (Å²) in [6, 6.07) is 8.51. The zero-order valence-electron chi connectivity index (χ0n) is 16.6. The predicted octanol–water partition coefficient (Wildman–Crippen LogP) is 5.32. The van der Waals surface area contributed by atoms with E-state index in [1.807, 2.05) is 20.8 Å². The van der Waals surface area contributed by atoms with Crippen LogP contribution in [0.3, 0.4) is 0 Å². The number of hydrogen-bond donors (Lipinski definition) is 1. The van der Waals surface area contributed by atoms with Crippen LogP contribution in [0.25, 0.3) is 0 Å². The first-order valence-electron chi connectivity index (χ1n) is 9.78. The smallest absolute Gasteiger partial charge is 0.306 e. The van der Waals surface area contributed by atoms with Gasteiger partial charge in [-0.3, -0.25) is 9.59 Å². The van der Waals surface area contributed by atoms with Crippen LogP contribution in [0.1, 0.15) is 83.3 Å². The van der Waals surface area contributed by atoms with Crippen molar-refractivity contribution in [3.63, 3.8) is 0 Å². The van der Waals surface area contributed by atoms with Crippen LogP contribution >= 0.6 is 0 Å². The number of ether oxygens (including phenoxy) is 1. The van der Waals surface area contributed by atoms with Crippen LogP contribution < -0.4 is 0 Å². The molecular formula is C22H34O4. The second-order valence-corrected chi connectivity index (χ2v) is 7.92. The molecule has 0 spiro atoms. The fourth-order valence-corrected chi connectivity index (χ4v) is 2.82. The Balaban J connectivity index is 2.15. The molecule has 0 saturated heterocycles. The van der Waals surface area contributed by atoms with Crippen molar-refractivity contribution in [1.29, 1.82) is 0 Å². The molecule has 0 fully saturated rings. The lowest BCUT2D eigenvalue weighted by Crippen LogP contribution is -2.23. The third-order valence-electron chi connectivity index (χ3n) is 4.17. The van der Waals surface area contributed by atoms with Gasteiger partial charge in [0.25, 0.3) is 0 Å². The van der Waals surface area contributed by atoms with Gasteiger partial charge in [-0.15, -0.1) is 0 Å². The Hall–Kier alpha value is -1.84. The molecule has 0 aromatic heterocycles. The zero-order valence-corrected chi connectivity index (χ0v) is 16.6. The molecule has 4 nitrogen and oxygen atoms in total. The highest BCUT2D eigenvalue weighted by molar-refractivity contribution is 5.70. The summed E-state index contributed by atoms with van der Waals surface area (Å²) in [7, 11) is 0. The van der Waals surface area contributed by atoms with Gasteiger partial charge >= 0.3 is 11.9 Å². The Morgan fingerprint density at radius 1 is 0.808 bits per heavy atom. The van der Waals surface area contributed by atoms with Gasteiger partial charge in [-0.1, -0.05) is 49.9 Å². The van der Waals surface area contributed by atoms with E-state index in [-0.39, 0.29) is 5.97 Å². The standard InChI is InChI=1S/C22H34O4/c1-22(2,3)26-21(25)17-16-19-14-12-18(13-15-19)10-8-6-4-5-7-9-11-20(23)24/h12-15H,4-11,16-17H2,1-3H3,(H,23,24). The minimum absolute atomic E-state index is 0.148. The topological polar surface area (TPSA) is 63.6 Å². The van der Waals surface area contributed by atoms with Gasteiger partial charge < -0.3 is 9.84 Å². The van der Waals surface area contributed by atoms with Crippen molar-refractivity contribution >= 4 is 11.9 Å². The molecule has 0 amide bonds. The van der Waals surface area contributed by atoms with E-state index in [1.165, 1.54) is 18.4 Å². The molecule has 0 heterocycles. The third kappa shape index (κ3) is 11.7. The molecule has 0 atom stereocenters.